The second kappa shape index (κ2) is 8.24. The summed E-state index contributed by atoms with van der Waals surface area (Å²) in [5, 5.41) is 2.91. The highest BCUT2D eigenvalue weighted by molar-refractivity contribution is 5.95. The molecule has 24 heavy (non-hydrogen) atoms. The summed E-state index contributed by atoms with van der Waals surface area (Å²) in [6, 6.07) is 12.7. The van der Waals surface area contributed by atoms with Crippen LogP contribution in [-0.4, -0.2) is 32.8 Å². The Bertz CT molecular complexity index is 682. The minimum Gasteiger partial charge on any atom is -0.493 e. The smallest absolute Gasteiger partial charge is 0.251 e. The van der Waals surface area contributed by atoms with Crippen molar-refractivity contribution < 1.29 is 19.0 Å². The number of amides is 1. The molecule has 1 amide bonds. The van der Waals surface area contributed by atoms with E-state index in [1.165, 1.54) is 12.7 Å². The maximum atomic E-state index is 12.3. The number of rotatable bonds is 7. The first kappa shape index (κ1) is 17.7. The Labute approximate surface area is 142 Å². The fourth-order valence-electron chi connectivity index (χ4n) is 2.18. The molecule has 128 valence electrons. The van der Waals surface area contributed by atoms with Gasteiger partial charge in [0.15, 0.2) is 11.5 Å². The van der Waals surface area contributed by atoms with Gasteiger partial charge in [0.2, 0.25) is 0 Å². The van der Waals surface area contributed by atoms with Gasteiger partial charge in [-0.25, -0.2) is 0 Å². The molecular weight excluding hydrogens is 306 g/mol. The van der Waals surface area contributed by atoms with E-state index in [1.54, 1.807) is 25.3 Å². The van der Waals surface area contributed by atoms with E-state index in [0.29, 0.717) is 23.7 Å². The second-order valence-electron chi connectivity index (χ2n) is 5.57. The lowest BCUT2D eigenvalue weighted by molar-refractivity contribution is 0.0926. The molecule has 0 aliphatic carbocycles. The first-order valence-corrected chi connectivity index (χ1v) is 7.76. The van der Waals surface area contributed by atoms with Gasteiger partial charge in [-0.3, -0.25) is 4.79 Å². The molecule has 0 heterocycles. The number of carbonyl (C=O) groups is 1. The van der Waals surface area contributed by atoms with Crippen molar-refractivity contribution in [2.45, 2.75) is 19.9 Å². The molecule has 0 fully saturated rings. The summed E-state index contributed by atoms with van der Waals surface area (Å²) in [7, 11) is 3.10. The molecule has 0 saturated carbocycles. The van der Waals surface area contributed by atoms with E-state index in [9.17, 15) is 4.79 Å². The van der Waals surface area contributed by atoms with Crippen molar-refractivity contribution in [2.24, 2.45) is 0 Å². The summed E-state index contributed by atoms with van der Waals surface area (Å²) in [6.07, 6.45) is 0. The van der Waals surface area contributed by atoms with Crippen molar-refractivity contribution in [1.82, 2.24) is 5.32 Å². The third kappa shape index (κ3) is 4.65. The van der Waals surface area contributed by atoms with E-state index in [0.717, 1.165) is 5.75 Å². The molecule has 1 atom stereocenters. The lowest BCUT2D eigenvalue weighted by atomic mass is 10.1. The van der Waals surface area contributed by atoms with Crippen molar-refractivity contribution >= 4 is 5.91 Å². The quantitative estimate of drug-likeness (QED) is 0.847. The SMILES string of the molecule is COc1ccc(C(=O)N[C@@H](C)COc2ccc(C)cc2)cc1OC. The number of benzene rings is 2. The molecule has 1 N–H and O–H groups in total. The fourth-order valence-corrected chi connectivity index (χ4v) is 2.18. The number of nitrogens with one attached hydrogen (secondary N) is 1. The molecule has 5 nitrogen and oxygen atoms in total. The Hall–Kier alpha value is -2.69. The van der Waals surface area contributed by atoms with Crippen molar-refractivity contribution in [1.29, 1.82) is 0 Å². The normalized spacial score (nSPS) is 11.5. The lowest BCUT2D eigenvalue weighted by Crippen LogP contribution is -2.36. The molecule has 5 heteroatoms. The van der Waals surface area contributed by atoms with Gasteiger partial charge in [-0.2, -0.15) is 0 Å². The average Bonchev–Trinajstić information content (AvgIpc) is 2.60. The molecule has 0 aliphatic rings. The first-order valence-electron chi connectivity index (χ1n) is 7.76. The Morgan fingerprint density at radius 2 is 1.71 bits per heavy atom. The summed E-state index contributed by atoms with van der Waals surface area (Å²) >= 11 is 0. The van der Waals surface area contributed by atoms with Crippen LogP contribution in [0.3, 0.4) is 0 Å². The number of hydrogen-bond donors (Lipinski definition) is 1. The molecule has 0 unspecified atom stereocenters. The summed E-state index contributed by atoms with van der Waals surface area (Å²) in [4.78, 5) is 12.3. The maximum Gasteiger partial charge on any atom is 0.251 e. The van der Waals surface area contributed by atoms with Gasteiger partial charge in [-0.15, -0.1) is 0 Å². The second-order valence-corrected chi connectivity index (χ2v) is 5.57. The summed E-state index contributed by atoms with van der Waals surface area (Å²) in [6.45, 7) is 4.31. The standard InChI is InChI=1S/C19H23NO4/c1-13-5-8-16(9-6-13)24-12-14(2)20-19(21)15-7-10-17(22-3)18(11-15)23-4/h5-11,14H,12H2,1-4H3,(H,20,21)/t14-/m0/s1. The third-order valence-electron chi connectivity index (χ3n) is 3.54. The molecule has 0 aliphatic heterocycles. The molecule has 0 bridgehead atoms. The van der Waals surface area contributed by atoms with E-state index in [-0.39, 0.29) is 11.9 Å². The molecular formula is C19H23NO4. The van der Waals surface area contributed by atoms with Gasteiger partial charge in [-0.1, -0.05) is 17.7 Å². The fraction of sp³-hybridized carbons (Fsp3) is 0.316. The van der Waals surface area contributed by atoms with Gasteiger partial charge in [0, 0.05) is 5.56 Å². The summed E-state index contributed by atoms with van der Waals surface area (Å²) in [5.41, 5.74) is 1.69. The zero-order valence-corrected chi connectivity index (χ0v) is 14.5. The van der Waals surface area contributed by atoms with Crippen LogP contribution in [-0.2, 0) is 0 Å². The van der Waals surface area contributed by atoms with Crippen LogP contribution in [0.25, 0.3) is 0 Å². The largest absolute Gasteiger partial charge is 0.493 e. The molecule has 0 aromatic heterocycles. The Morgan fingerprint density at radius 3 is 2.33 bits per heavy atom. The highest BCUT2D eigenvalue weighted by Crippen LogP contribution is 2.27. The van der Waals surface area contributed by atoms with Gasteiger partial charge in [0.1, 0.15) is 12.4 Å². The number of aryl methyl sites for hydroxylation is 1. The zero-order chi connectivity index (χ0) is 17.5. The molecule has 2 rings (SSSR count). The Kier molecular flexibility index (Phi) is 6.07. The van der Waals surface area contributed by atoms with E-state index >= 15 is 0 Å². The van der Waals surface area contributed by atoms with Crippen LogP contribution in [0.5, 0.6) is 17.2 Å². The highest BCUT2D eigenvalue weighted by atomic mass is 16.5. The zero-order valence-electron chi connectivity index (χ0n) is 14.5. The van der Waals surface area contributed by atoms with Crippen LogP contribution in [0.1, 0.15) is 22.8 Å². The van der Waals surface area contributed by atoms with Crippen LogP contribution in [0.15, 0.2) is 42.5 Å². The van der Waals surface area contributed by atoms with Crippen molar-refractivity contribution in [3.8, 4) is 17.2 Å². The average molecular weight is 329 g/mol. The predicted molar refractivity (Wildman–Crippen MR) is 93.1 cm³/mol. The van der Waals surface area contributed by atoms with Gasteiger partial charge in [0.05, 0.1) is 20.3 Å². The van der Waals surface area contributed by atoms with Gasteiger partial charge < -0.3 is 19.5 Å². The van der Waals surface area contributed by atoms with Crippen molar-refractivity contribution in [3.05, 3.63) is 53.6 Å². The lowest BCUT2D eigenvalue weighted by Gasteiger charge is -2.16. The van der Waals surface area contributed by atoms with E-state index in [4.69, 9.17) is 14.2 Å². The topological polar surface area (TPSA) is 56.8 Å². The number of carbonyl (C=O) groups excluding carboxylic acids is 1. The van der Waals surface area contributed by atoms with Gasteiger partial charge >= 0.3 is 0 Å². The van der Waals surface area contributed by atoms with Crippen LogP contribution in [0.4, 0.5) is 0 Å². The van der Waals surface area contributed by atoms with E-state index in [2.05, 4.69) is 5.32 Å². The monoisotopic (exact) mass is 329 g/mol. The van der Waals surface area contributed by atoms with E-state index in [1.807, 2.05) is 38.1 Å². The third-order valence-corrected chi connectivity index (χ3v) is 3.54. The minimum atomic E-state index is -0.184. The summed E-state index contributed by atoms with van der Waals surface area (Å²) < 4.78 is 16.1. The van der Waals surface area contributed by atoms with E-state index < -0.39 is 0 Å². The Morgan fingerprint density at radius 1 is 1.04 bits per heavy atom. The first-order chi connectivity index (χ1) is 11.5. The molecule has 2 aromatic carbocycles. The summed E-state index contributed by atoms with van der Waals surface area (Å²) in [5.74, 6) is 1.71. The molecule has 0 radical (unpaired) electrons. The number of ether oxygens (including phenoxy) is 3. The molecule has 2 aromatic rings. The van der Waals surface area contributed by atoms with Gasteiger partial charge in [-0.05, 0) is 44.2 Å². The Balaban J connectivity index is 1.92. The minimum absolute atomic E-state index is 0.133. The maximum absolute atomic E-state index is 12.3. The van der Waals surface area contributed by atoms with Crippen molar-refractivity contribution in [2.75, 3.05) is 20.8 Å². The number of methoxy groups -OCH3 is 2. The highest BCUT2D eigenvalue weighted by Gasteiger charge is 2.13. The number of hydrogen-bond acceptors (Lipinski definition) is 4. The molecule has 0 saturated heterocycles. The van der Waals surface area contributed by atoms with Crippen molar-refractivity contribution in [3.63, 3.8) is 0 Å². The van der Waals surface area contributed by atoms with Crippen LogP contribution >= 0.6 is 0 Å². The van der Waals surface area contributed by atoms with Crippen LogP contribution in [0.2, 0.25) is 0 Å². The molecule has 0 spiro atoms. The van der Waals surface area contributed by atoms with Crippen LogP contribution in [0, 0.1) is 6.92 Å². The predicted octanol–water partition coefficient (Wildman–Crippen LogP) is 3.21. The van der Waals surface area contributed by atoms with Crippen LogP contribution < -0.4 is 19.5 Å². The van der Waals surface area contributed by atoms with Gasteiger partial charge in [0.25, 0.3) is 5.91 Å².